The number of hydrogen-bond donors (Lipinski definition) is 5. The van der Waals surface area contributed by atoms with Crippen LogP contribution in [0.25, 0.3) is 0 Å². The van der Waals surface area contributed by atoms with E-state index in [1.165, 1.54) is 118 Å². The molecule has 1 unspecified atom stereocenters. The molecule has 4 amide bonds. The number of nitriles is 2. The molecule has 1 saturated heterocycles. The topological polar surface area (TPSA) is 344 Å². The quantitative estimate of drug-likeness (QED) is 0.0117. The highest BCUT2D eigenvalue weighted by Gasteiger charge is 2.63. The van der Waals surface area contributed by atoms with Crippen LogP contribution in [0.1, 0.15) is 152 Å². The summed E-state index contributed by atoms with van der Waals surface area (Å²) < 4.78 is 112. The van der Waals surface area contributed by atoms with Gasteiger partial charge in [0.15, 0.2) is 0 Å². The molecule has 0 aromatic heterocycles. The van der Waals surface area contributed by atoms with Crippen molar-refractivity contribution in [2.75, 3.05) is 38.2 Å². The average Bonchev–Trinajstić information content (AvgIpc) is 1.57. The molecule has 0 spiro atoms. The number of carbonyl (C=O) groups excluding carboxylic acids is 9. The number of carbonyl (C=O) groups is 9. The zero-order chi connectivity index (χ0) is 93.7. The van der Waals surface area contributed by atoms with Crippen molar-refractivity contribution < 1.29 is 103 Å². The lowest BCUT2D eigenvalue weighted by Crippen LogP contribution is -2.45. The lowest BCUT2D eigenvalue weighted by molar-refractivity contribution is -0.149. The summed E-state index contributed by atoms with van der Waals surface area (Å²) in [6, 6.07) is 51.9. The van der Waals surface area contributed by atoms with E-state index in [1.54, 1.807) is 78.9 Å². The Morgan fingerprint density at radius 1 is 0.519 bits per heavy atom. The average molecular weight is 1850 g/mol. The molecule has 0 bridgehead atoms. The second kappa shape index (κ2) is 44.3. The minimum absolute atomic E-state index is 0.00706. The van der Waals surface area contributed by atoms with Crippen molar-refractivity contribution in [2.24, 2.45) is 22.7 Å². The fourth-order valence-corrected chi connectivity index (χ4v) is 16.5. The Bertz CT molecular complexity index is 5670. The van der Waals surface area contributed by atoms with Gasteiger partial charge in [0.05, 0.1) is 70.4 Å². The normalized spacial score (nSPS) is 18.4. The van der Waals surface area contributed by atoms with Crippen LogP contribution in [0.2, 0.25) is 20.1 Å². The molecule has 2 fully saturated rings. The molecular formula is C96H93Cl4F4N7O18. The van der Waals surface area contributed by atoms with Crippen molar-refractivity contribution in [1.82, 2.24) is 16.0 Å². The molecule has 10 atom stereocenters. The smallest absolute Gasteiger partial charge is 0.410 e. The van der Waals surface area contributed by atoms with E-state index in [1.807, 2.05) is 53.7 Å². The summed E-state index contributed by atoms with van der Waals surface area (Å²) in [4.78, 5) is 118. The number of anilines is 2. The number of esters is 5. The zero-order valence-corrected chi connectivity index (χ0v) is 74.5. The SMILES string of the molecule is COc1cc(C(=O)OC(C)OC(=O)N[C@@H](CCC(=O)OCc2ccccc2)C(=O)OCc2ccccc2)ccc1NC(=O)[C@@H]1N[C@@H](CC(C)(C)C)[C@](C#N)(c2ccc(Cl)cc2F)[C@H]1c1cccc(Cl)c1F.COc1cc(C(=O)OCOC(=O)NCC(=O)OCc2ccccc2)ccc1NC(=O)[C@@H]1C[C@@H](CC(C)(C)C)[C@](C#N)(c2ccc(Cl)cc2F)[C@H]1c1cccc(Cl)c1F. The highest BCUT2D eigenvalue weighted by Crippen LogP contribution is 2.62. The zero-order valence-electron chi connectivity index (χ0n) is 71.5. The summed E-state index contributed by atoms with van der Waals surface area (Å²) in [5, 5.41) is 35.4. The molecule has 25 nitrogen and oxygen atoms in total. The van der Waals surface area contributed by atoms with Gasteiger partial charge >= 0.3 is 42.0 Å². The maximum Gasteiger partial charge on any atom is 0.410 e. The van der Waals surface area contributed by atoms with Gasteiger partial charge in [-0.2, -0.15) is 10.5 Å². The lowest BCUT2D eigenvalue weighted by Gasteiger charge is -2.38. The maximum absolute atomic E-state index is 16.2. The van der Waals surface area contributed by atoms with Crippen molar-refractivity contribution in [3.05, 3.63) is 294 Å². The summed E-state index contributed by atoms with van der Waals surface area (Å²) in [5.41, 5.74) is -2.48. The van der Waals surface area contributed by atoms with E-state index in [4.69, 9.17) is 89.0 Å². The fourth-order valence-electron chi connectivity index (χ4n) is 15.9. The van der Waals surface area contributed by atoms with Crippen molar-refractivity contribution in [3.8, 4) is 23.6 Å². The maximum atomic E-state index is 16.2. The summed E-state index contributed by atoms with van der Waals surface area (Å²) in [7, 11) is 2.59. The van der Waals surface area contributed by atoms with Gasteiger partial charge in [0, 0.05) is 58.3 Å². The molecule has 33 heteroatoms. The first-order chi connectivity index (χ1) is 61.4. The number of halogens is 8. The van der Waals surface area contributed by atoms with Crippen LogP contribution >= 0.6 is 46.4 Å². The third-order valence-electron chi connectivity index (χ3n) is 21.5. The third kappa shape index (κ3) is 25.2. The number of benzene rings is 9. The monoisotopic (exact) mass is 1850 g/mol. The number of hydrogen-bond acceptors (Lipinski definition) is 21. The summed E-state index contributed by atoms with van der Waals surface area (Å²) in [5.74, 6) is -13.0. The van der Waals surface area contributed by atoms with Gasteiger partial charge in [0.1, 0.15) is 72.6 Å². The van der Waals surface area contributed by atoms with Gasteiger partial charge < -0.3 is 69.2 Å². The van der Waals surface area contributed by atoms with Crippen LogP contribution in [0.15, 0.2) is 200 Å². The van der Waals surface area contributed by atoms with Gasteiger partial charge in [0.25, 0.3) is 0 Å². The molecule has 9 aromatic carbocycles. The second-order valence-electron chi connectivity index (χ2n) is 32.9. The van der Waals surface area contributed by atoms with E-state index >= 15 is 17.6 Å². The Balaban J connectivity index is 0.000000274. The molecule has 129 heavy (non-hydrogen) atoms. The minimum atomic E-state index is -1.88. The van der Waals surface area contributed by atoms with Crippen LogP contribution in [-0.2, 0) is 87.8 Å². The molecule has 1 saturated carbocycles. The molecule has 1 aliphatic heterocycles. The van der Waals surface area contributed by atoms with Crippen LogP contribution < -0.4 is 36.1 Å². The predicted octanol–water partition coefficient (Wildman–Crippen LogP) is 19.2. The van der Waals surface area contributed by atoms with Crippen LogP contribution in [-0.4, -0.2) is 106 Å². The lowest BCUT2D eigenvalue weighted by atomic mass is 9.62. The van der Waals surface area contributed by atoms with Crippen LogP contribution in [0.5, 0.6) is 11.5 Å². The second-order valence-corrected chi connectivity index (χ2v) is 34.5. The first-order valence-electron chi connectivity index (χ1n) is 40.6. The molecule has 11 rings (SSSR count). The molecule has 1 heterocycles. The summed E-state index contributed by atoms with van der Waals surface area (Å²) in [6.45, 7) is 11.5. The van der Waals surface area contributed by atoms with Gasteiger partial charge in [0.2, 0.25) is 24.9 Å². The van der Waals surface area contributed by atoms with Gasteiger partial charge in [-0.1, -0.05) is 215 Å². The molecule has 2 aliphatic rings. The highest BCUT2D eigenvalue weighted by atomic mass is 35.5. The number of alkyl carbamates (subject to hydrolysis) is 2. The molecule has 9 aromatic rings. The number of rotatable bonds is 31. The fraction of sp³-hybridized carbons (Fsp3) is 0.323. The van der Waals surface area contributed by atoms with Gasteiger partial charge in [-0.25, -0.2) is 41.5 Å². The van der Waals surface area contributed by atoms with E-state index in [0.29, 0.717) is 12.0 Å². The van der Waals surface area contributed by atoms with Crippen molar-refractivity contribution in [1.29, 1.82) is 10.5 Å². The Morgan fingerprint density at radius 2 is 1.00 bits per heavy atom. The molecular weight excluding hydrogens is 1760 g/mol. The van der Waals surface area contributed by atoms with Crippen LogP contribution in [0.3, 0.4) is 0 Å². The summed E-state index contributed by atoms with van der Waals surface area (Å²) in [6.07, 6.45) is -3.51. The van der Waals surface area contributed by atoms with Crippen LogP contribution in [0.4, 0.5) is 38.5 Å². The first kappa shape index (κ1) is 98.4. The van der Waals surface area contributed by atoms with E-state index in [0.717, 1.165) is 23.3 Å². The Kier molecular flexibility index (Phi) is 33.8. The highest BCUT2D eigenvalue weighted by molar-refractivity contribution is 6.31. The molecule has 1 aliphatic carbocycles. The number of nitrogens with zero attached hydrogens (tertiary/aromatic N) is 2. The standard InChI is InChI=1S/C53H52Cl2F2N4O10.C43H41Cl2F2N3O8/c1-31(71-51(66)60-41(50(65)69-29-33-15-10-7-11-16-33)23-24-44(62)68-28-32-13-8-6-9-14-32)70-49(64)34-19-22-40(42(25-34)67-5)59-48(63)47-45(36-17-12-18-38(55)46(36)57)53(30-58,43(61-47)27-52(2,3)4)37-21-20-35(54)26-39(37)56;1-42(2,3)20-27-18-30(37(29-11-8-12-32(45)38(29)47)43(27,23-48)31-15-14-28(44)19-33(31)46)39(52)50-34-16-13-26(17-35(34)55-4)40(53)57-24-58-41(54)49-21-36(51)56-22-25-9-6-5-7-10-25/h6-22,25-26,31,41,43,45,47,61H,23-24,27-29H2,1-5H3,(H,59,63)(H,60,66);5-17,19,27,30,37H,18,20-22,24H2,1-4H3,(H,49,54)(H,50,52)/t31?,41-,43-,45-,47+,53-;27-,30+,37-,43+/m00/s1. The first-order valence-corrected chi connectivity index (χ1v) is 42.1. The van der Waals surface area contributed by atoms with Crippen molar-refractivity contribution in [3.63, 3.8) is 0 Å². The Labute approximate surface area is 762 Å². The van der Waals surface area contributed by atoms with Crippen molar-refractivity contribution >= 4 is 112 Å². The number of nitrogens with one attached hydrogen (secondary N) is 5. The van der Waals surface area contributed by atoms with Crippen molar-refractivity contribution in [2.45, 2.75) is 147 Å². The van der Waals surface area contributed by atoms with Gasteiger partial charge in [-0.3, -0.25) is 19.2 Å². The largest absolute Gasteiger partial charge is 0.495 e. The van der Waals surface area contributed by atoms with Gasteiger partial charge in [-0.15, -0.1) is 0 Å². The third-order valence-corrected chi connectivity index (χ3v) is 22.6. The number of methoxy groups -OCH3 is 2. The van der Waals surface area contributed by atoms with E-state index in [-0.39, 0.29) is 122 Å². The van der Waals surface area contributed by atoms with E-state index in [2.05, 4.69) is 38.7 Å². The number of ether oxygens (including phenoxy) is 9. The van der Waals surface area contributed by atoms with E-state index in [9.17, 15) is 53.7 Å². The molecule has 676 valence electrons. The molecule has 0 radical (unpaired) electrons. The molecule has 5 N–H and O–H groups in total. The van der Waals surface area contributed by atoms with Crippen LogP contribution in [0, 0.1) is 68.6 Å². The summed E-state index contributed by atoms with van der Waals surface area (Å²) >= 11 is 24.8. The number of amides is 4. The minimum Gasteiger partial charge on any atom is -0.495 e. The van der Waals surface area contributed by atoms with Gasteiger partial charge in [-0.05, 0) is 143 Å². The van der Waals surface area contributed by atoms with E-state index < -0.39 is 160 Å². The Morgan fingerprint density at radius 3 is 1.50 bits per heavy atom. The Hall–Kier alpha value is -12.8. The predicted molar refractivity (Wildman–Crippen MR) is 470 cm³/mol.